The fourth-order valence-electron chi connectivity index (χ4n) is 2.44. The van der Waals surface area contributed by atoms with Gasteiger partial charge in [-0.25, -0.2) is 0 Å². The molecule has 5 heteroatoms. The van der Waals surface area contributed by atoms with E-state index >= 15 is 0 Å². The van der Waals surface area contributed by atoms with Crippen molar-refractivity contribution in [1.82, 2.24) is 10.2 Å². The third kappa shape index (κ3) is 3.10. The highest BCUT2D eigenvalue weighted by Crippen LogP contribution is 2.25. The number of anilines is 1. The van der Waals surface area contributed by atoms with E-state index in [4.69, 9.17) is 0 Å². The zero-order chi connectivity index (χ0) is 14.5. The molecule has 1 aliphatic rings. The Bertz CT molecular complexity index is 502. The number of para-hydroxylation sites is 1. The van der Waals surface area contributed by atoms with Gasteiger partial charge < -0.3 is 15.5 Å². The Morgan fingerprint density at radius 2 is 2.15 bits per heavy atom. The third-order valence-electron chi connectivity index (χ3n) is 3.65. The maximum Gasteiger partial charge on any atom is 0.245 e. The molecule has 108 valence electrons. The summed E-state index contributed by atoms with van der Waals surface area (Å²) in [5.41, 5.74) is 2.26. The Kier molecular flexibility index (Phi) is 4.61. The molecule has 0 bridgehead atoms. The molecular weight excluding hydrogens is 254 g/mol. The summed E-state index contributed by atoms with van der Waals surface area (Å²) in [6, 6.07) is 7.79. The fraction of sp³-hybridized carbons (Fsp3) is 0.467. The second kappa shape index (κ2) is 6.41. The lowest BCUT2D eigenvalue weighted by Crippen LogP contribution is -2.47. The molecule has 1 unspecified atom stereocenters. The lowest BCUT2D eigenvalue weighted by Gasteiger charge is -2.30. The van der Waals surface area contributed by atoms with Gasteiger partial charge in [-0.1, -0.05) is 18.2 Å². The van der Waals surface area contributed by atoms with Gasteiger partial charge in [-0.2, -0.15) is 0 Å². The third-order valence-corrected chi connectivity index (χ3v) is 3.65. The SMILES string of the molecule is CCN(CC(=O)NC)C(=O)C1CCc2ccccc2N1. The van der Waals surface area contributed by atoms with E-state index in [0.29, 0.717) is 6.54 Å². The van der Waals surface area contributed by atoms with E-state index in [0.717, 1.165) is 18.5 Å². The summed E-state index contributed by atoms with van der Waals surface area (Å²) < 4.78 is 0. The normalized spacial score (nSPS) is 16.8. The van der Waals surface area contributed by atoms with Crippen molar-refractivity contribution in [2.45, 2.75) is 25.8 Å². The van der Waals surface area contributed by atoms with Crippen LogP contribution in [-0.4, -0.2) is 42.9 Å². The highest BCUT2D eigenvalue weighted by atomic mass is 16.2. The van der Waals surface area contributed by atoms with Gasteiger partial charge in [0.05, 0.1) is 6.54 Å². The van der Waals surface area contributed by atoms with E-state index in [9.17, 15) is 9.59 Å². The number of carbonyl (C=O) groups excluding carboxylic acids is 2. The first-order chi connectivity index (χ1) is 9.65. The number of hydrogen-bond acceptors (Lipinski definition) is 3. The largest absolute Gasteiger partial charge is 0.373 e. The van der Waals surface area contributed by atoms with Gasteiger partial charge in [0.15, 0.2) is 0 Å². The minimum atomic E-state index is -0.241. The van der Waals surface area contributed by atoms with Crippen LogP contribution >= 0.6 is 0 Å². The van der Waals surface area contributed by atoms with Gasteiger partial charge in [-0.15, -0.1) is 0 Å². The van der Waals surface area contributed by atoms with Crippen LogP contribution in [0.3, 0.4) is 0 Å². The maximum absolute atomic E-state index is 12.5. The standard InChI is InChI=1S/C15H21N3O2/c1-3-18(10-14(19)16-2)15(20)13-9-8-11-6-4-5-7-12(11)17-13/h4-7,13,17H,3,8-10H2,1-2H3,(H,16,19). The summed E-state index contributed by atoms with van der Waals surface area (Å²) >= 11 is 0. The smallest absolute Gasteiger partial charge is 0.245 e. The lowest BCUT2D eigenvalue weighted by atomic mass is 9.97. The van der Waals surface area contributed by atoms with E-state index in [1.807, 2.05) is 25.1 Å². The molecule has 1 aromatic carbocycles. The molecule has 2 N–H and O–H groups in total. The van der Waals surface area contributed by atoms with Crippen molar-refractivity contribution < 1.29 is 9.59 Å². The average Bonchev–Trinajstić information content (AvgIpc) is 2.51. The monoisotopic (exact) mass is 275 g/mol. The van der Waals surface area contributed by atoms with E-state index in [-0.39, 0.29) is 24.4 Å². The van der Waals surface area contributed by atoms with Crippen LogP contribution in [-0.2, 0) is 16.0 Å². The van der Waals surface area contributed by atoms with Crippen LogP contribution in [0.15, 0.2) is 24.3 Å². The molecule has 5 nitrogen and oxygen atoms in total. The van der Waals surface area contributed by atoms with Gasteiger partial charge in [0.1, 0.15) is 6.04 Å². The predicted octanol–water partition coefficient (Wildman–Crippen LogP) is 1.01. The van der Waals surface area contributed by atoms with Crippen LogP contribution in [0.1, 0.15) is 18.9 Å². The number of amides is 2. The van der Waals surface area contributed by atoms with Gasteiger partial charge in [0, 0.05) is 19.3 Å². The highest BCUT2D eigenvalue weighted by Gasteiger charge is 2.27. The maximum atomic E-state index is 12.5. The van der Waals surface area contributed by atoms with Gasteiger partial charge >= 0.3 is 0 Å². The van der Waals surface area contributed by atoms with Crippen molar-refractivity contribution in [3.05, 3.63) is 29.8 Å². The van der Waals surface area contributed by atoms with E-state index in [1.165, 1.54) is 5.56 Å². The average molecular weight is 275 g/mol. The number of nitrogens with zero attached hydrogens (tertiary/aromatic N) is 1. The summed E-state index contributed by atoms with van der Waals surface area (Å²) in [6.45, 7) is 2.54. The number of rotatable bonds is 4. The molecule has 0 radical (unpaired) electrons. The number of benzene rings is 1. The molecule has 1 atom stereocenters. The first-order valence-electron chi connectivity index (χ1n) is 6.99. The van der Waals surface area contributed by atoms with Crippen LogP contribution in [0.4, 0.5) is 5.69 Å². The van der Waals surface area contributed by atoms with Crippen LogP contribution in [0.2, 0.25) is 0 Å². The molecular formula is C15H21N3O2. The molecule has 0 aliphatic carbocycles. The molecule has 0 fully saturated rings. The molecule has 1 aliphatic heterocycles. The highest BCUT2D eigenvalue weighted by molar-refractivity contribution is 5.89. The minimum Gasteiger partial charge on any atom is -0.373 e. The number of carbonyl (C=O) groups is 2. The number of hydrogen-bond donors (Lipinski definition) is 2. The Balaban J connectivity index is 2.04. The molecule has 0 aromatic heterocycles. The summed E-state index contributed by atoms with van der Waals surface area (Å²) in [6.07, 6.45) is 1.65. The second-order valence-electron chi connectivity index (χ2n) is 4.92. The Labute approximate surface area is 119 Å². The van der Waals surface area contributed by atoms with Crippen LogP contribution < -0.4 is 10.6 Å². The number of nitrogens with one attached hydrogen (secondary N) is 2. The summed E-state index contributed by atoms with van der Waals surface area (Å²) in [4.78, 5) is 25.5. The van der Waals surface area contributed by atoms with Gasteiger partial charge in [0.25, 0.3) is 0 Å². The molecule has 2 rings (SSSR count). The number of likely N-dealkylation sites (N-methyl/N-ethyl adjacent to an activating group) is 2. The van der Waals surface area contributed by atoms with Crippen molar-refractivity contribution in [2.75, 3.05) is 25.5 Å². The van der Waals surface area contributed by atoms with Crippen LogP contribution in [0, 0.1) is 0 Å². The predicted molar refractivity (Wildman–Crippen MR) is 78.5 cm³/mol. The molecule has 0 saturated carbocycles. The molecule has 2 amide bonds. The number of fused-ring (bicyclic) bond motifs is 1. The van der Waals surface area contributed by atoms with E-state index in [1.54, 1.807) is 11.9 Å². The van der Waals surface area contributed by atoms with E-state index < -0.39 is 0 Å². The second-order valence-corrected chi connectivity index (χ2v) is 4.92. The van der Waals surface area contributed by atoms with Crippen molar-refractivity contribution in [2.24, 2.45) is 0 Å². The molecule has 0 saturated heterocycles. The van der Waals surface area contributed by atoms with Crippen molar-refractivity contribution in [1.29, 1.82) is 0 Å². The van der Waals surface area contributed by atoms with Crippen molar-refractivity contribution in [3.63, 3.8) is 0 Å². The van der Waals surface area contributed by atoms with Crippen molar-refractivity contribution in [3.8, 4) is 0 Å². The Hall–Kier alpha value is -2.04. The summed E-state index contributed by atoms with van der Waals surface area (Å²) in [5, 5.41) is 5.83. The Morgan fingerprint density at radius 1 is 1.40 bits per heavy atom. The summed E-state index contributed by atoms with van der Waals surface area (Å²) in [5.74, 6) is -0.151. The molecule has 20 heavy (non-hydrogen) atoms. The van der Waals surface area contributed by atoms with Crippen LogP contribution in [0.25, 0.3) is 0 Å². The molecule has 1 aromatic rings. The zero-order valence-corrected chi connectivity index (χ0v) is 12.0. The minimum absolute atomic E-state index is 0.00870. The Morgan fingerprint density at radius 3 is 2.85 bits per heavy atom. The van der Waals surface area contributed by atoms with E-state index in [2.05, 4.69) is 16.7 Å². The van der Waals surface area contributed by atoms with Gasteiger partial charge in [0.2, 0.25) is 11.8 Å². The lowest BCUT2D eigenvalue weighted by molar-refractivity contribution is -0.136. The van der Waals surface area contributed by atoms with Crippen LogP contribution in [0.5, 0.6) is 0 Å². The van der Waals surface area contributed by atoms with Gasteiger partial charge in [-0.3, -0.25) is 9.59 Å². The van der Waals surface area contributed by atoms with Crippen molar-refractivity contribution >= 4 is 17.5 Å². The van der Waals surface area contributed by atoms with Gasteiger partial charge in [-0.05, 0) is 31.4 Å². The molecule has 0 spiro atoms. The zero-order valence-electron chi connectivity index (χ0n) is 12.0. The fourth-order valence-corrected chi connectivity index (χ4v) is 2.44. The molecule has 1 heterocycles. The quantitative estimate of drug-likeness (QED) is 0.862. The first kappa shape index (κ1) is 14.4. The summed E-state index contributed by atoms with van der Waals surface area (Å²) in [7, 11) is 1.58. The first-order valence-corrected chi connectivity index (χ1v) is 6.99. The topological polar surface area (TPSA) is 61.4 Å². The number of aryl methyl sites for hydroxylation is 1.